The number of likely N-dealkylation sites (tertiary alicyclic amines) is 1. The van der Waals surface area contributed by atoms with E-state index in [2.05, 4.69) is 73.5 Å². The largest absolute Gasteiger partial charge is 0.508 e. The summed E-state index contributed by atoms with van der Waals surface area (Å²) in [5.74, 6) is -13.6. The number of phenols is 1. The molecule has 1 fully saturated rings. The average Bonchev–Trinajstić information content (AvgIpc) is 1.64. The van der Waals surface area contributed by atoms with Crippen LogP contribution in [0.3, 0.4) is 0 Å². The number of nitrogens with two attached hydrogens (primary N) is 1. The highest BCUT2D eigenvalue weighted by atomic mass is 35.5. The summed E-state index contributed by atoms with van der Waals surface area (Å²) < 4.78 is 159. The molecule has 17 N–H and O–H groups in total. The van der Waals surface area contributed by atoms with Gasteiger partial charge in [-0.25, -0.2) is 9.98 Å². The SMILES string of the molecule is CC(=O)N[C@H](Cc1ccc2ccccc2c1)C(=O)N[C@H](Cc1ccc(Cl)cc1)C(=O)N[C@H](Cc1cccnc1)C(=O)N[C@@H](CO)C(=O)N[C@@H](CCCCNC(=NCC(F)(F)F)NCC(F)(F)F)C(=O)N[C@H](Cc1ccc(O)cc1)C(=O)N[C@@H](CC(C)C)C(=O)N[C@@H](CCCCNC(=NCC(F)(F)F)NCC(F)(F)F)C(=O)N1CCC[C@H]1C(=O)N[C@H](C)C(N)=O. The minimum Gasteiger partial charge on any atom is -0.508 e. The van der Waals surface area contributed by atoms with Gasteiger partial charge in [0.15, 0.2) is 11.9 Å². The van der Waals surface area contributed by atoms with Gasteiger partial charge in [0.05, 0.1) is 6.61 Å². The van der Waals surface area contributed by atoms with E-state index in [0.29, 0.717) is 21.7 Å². The van der Waals surface area contributed by atoms with E-state index in [9.17, 15) is 106 Å². The summed E-state index contributed by atoms with van der Waals surface area (Å²) in [6.45, 7) is -3.87. The number of nitrogens with zero attached hydrogens (tertiary/aromatic N) is 4. The molecule has 11 amide bonds. The monoisotopic (exact) mass is 1780 g/mol. The number of alkyl halides is 12. The lowest BCUT2D eigenvalue weighted by Crippen LogP contribution is -2.61. The number of aromatic hydroxyl groups is 1. The molecule has 6 rings (SSSR count). The molecule has 4 aromatic carbocycles. The summed E-state index contributed by atoms with van der Waals surface area (Å²) in [6.07, 6.45) is -19.8. The van der Waals surface area contributed by atoms with Gasteiger partial charge in [-0.05, 0) is 134 Å². The Morgan fingerprint density at radius 2 is 0.935 bits per heavy atom. The van der Waals surface area contributed by atoms with Crippen LogP contribution in [0, 0.1) is 5.92 Å². The smallest absolute Gasteiger partial charge is 0.408 e. The molecule has 0 spiro atoms. The van der Waals surface area contributed by atoms with Crippen molar-refractivity contribution in [3.05, 3.63) is 143 Å². The molecule has 0 bridgehead atoms. The zero-order valence-corrected chi connectivity index (χ0v) is 68.6. The van der Waals surface area contributed by atoms with Crippen molar-refractivity contribution in [2.24, 2.45) is 21.6 Å². The molecule has 0 aliphatic carbocycles. The predicted molar refractivity (Wildman–Crippen MR) is 430 cm³/mol. The highest BCUT2D eigenvalue weighted by Crippen LogP contribution is 2.25. The maximum absolute atomic E-state index is 15.2. The maximum Gasteiger partial charge on any atom is 0.408 e. The number of pyridine rings is 1. The van der Waals surface area contributed by atoms with E-state index in [1.54, 1.807) is 42.7 Å². The molecule has 680 valence electrons. The third-order valence-electron chi connectivity index (χ3n) is 18.9. The summed E-state index contributed by atoms with van der Waals surface area (Å²) in [6, 6.07) is 10.9. The van der Waals surface area contributed by atoms with Crippen LogP contribution in [0.15, 0.2) is 126 Å². The number of aliphatic imine (C=N–C) groups is 2. The van der Waals surface area contributed by atoms with Crippen molar-refractivity contribution < 1.29 is 116 Å². The number of phenolic OH excluding ortho intramolecular Hbond substituents is 1. The molecule has 0 saturated carbocycles. The van der Waals surface area contributed by atoms with Crippen LogP contribution in [0.1, 0.15) is 108 Å². The van der Waals surface area contributed by atoms with Crippen LogP contribution in [-0.2, 0) is 78.4 Å². The Balaban J connectivity index is 1.33. The molecule has 1 aliphatic rings. The number of primary amides is 1. The van der Waals surface area contributed by atoms with Gasteiger partial charge >= 0.3 is 24.7 Å². The van der Waals surface area contributed by atoms with Crippen molar-refractivity contribution in [1.82, 2.24) is 79.0 Å². The first kappa shape index (κ1) is 101. The second-order valence-corrected chi connectivity index (χ2v) is 30.2. The number of aliphatic hydroxyl groups excluding tert-OH is 1. The Kier molecular flexibility index (Phi) is 39.4. The number of guanidine groups is 2. The lowest BCUT2D eigenvalue weighted by Gasteiger charge is -2.31. The third-order valence-corrected chi connectivity index (χ3v) is 19.2. The van der Waals surface area contributed by atoms with Gasteiger partial charge in [0.1, 0.15) is 92.3 Å². The van der Waals surface area contributed by atoms with E-state index < -0.39 is 227 Å². The summed E-state index contributed by atoms with van der Waals surface area (Å²) in [5.41, 5.74) is 6.98. The Morgan fingerprint density at radius 3 is 1.42 bits per heavy atom. The van der Waals surface area contributed by atoms with E-state index in [4.69, 9.17) is 17.3 Å². The molecule has 44 heteroatoms. The normalized spacial score (nSPS) is 15.5. The quantitative estimate of drug-likeness (QED) is 0.0111. The third kappa shape index (κ3) is 37.1. The highest BCUT2D eigenvalue weighted by molar-refractivity contribution is 6.30. The average molecular weight is 1790 g/mol. The van der Waals surface area contributed by atoms with E-state index in [-0.39, 0.29) is 88.6 Å². The Morgan fingerprint density at radius 1 is 0.500 bits per heavy atom. The summed E-state index contributed by atoms with van der Waals surface area (Å²) in [7, 11) is 0. The maximum atomic E-state index is 15.2. The number of benzene rings is 4. The molecule has 31 nitrogen and oxygen atoms in total. The minimum absolute atomic E-state index is 0.0448. The van der Waals surface area contributed by atoms with Crippen molar-refractivity contribution in [3.63, 3.8) is 0 Å². The molecular weight excluding hydrogens is 1680 g/mol. The van der Waals surface area contributed by atoms with Crippen LogP contribution in [0.2, 0.25) is 5.02 Å². The van der Waals surface area contributed by atoms with Crippen molar-refractivity contribution in [2.45, 2.75) is 196 Å². The first-order valence-electron chi connectivity index (χ1n) is 39.4. The van der Waals surface area contributed by atoms with Gasteiger partial charge in [-0.2, -0.15) is 52.7 Å². The van der Waals surface area contributed by atoms with Crippen LogP contribution < -0.4 is 74.9 Å². The molecular formula is C80H101ClF12N18O13. The number of unbranched alkanes of at least 4 members (excludes halogenated alkanes) is 2. The molecule has 5 aromatic rings. The van der Waals surface area contributed by atoms with Crippen molar-refractivity contribution in [2.75, 3.05) is 52.4 Å². The summed E-state index contributed by atoms with van der Waals surface area (Å²) >= 11 is 6.22. The van der Waals surface area contributed by atoms with Gasteiger partial charge in [-0.3, -0.25) is 57.7 Å². The Labute approximate surface area is 710 Å². The topological polar surface area (TPSA) is 451 Å². The zero-order chi connectivity index (χ0) is 91.7. The molecule has 124 heavy (non-hydrogen) atoms. The van der Waals surface area contributed by atoms with Gasteiger partial charge < -0.3 is 90.0 Å². The number of carbonyl (C=O) groups excluding carboxylic acids is 11. The molecule has 0 radical (unpaired) electrons. The molecule has 1 aromatic heterocycles. The second kappa shape index (κ2) is 48.3. The van der Waals surface area contributed by atoms with E-state index in [1.165, 1.54) is 74.8 Å². The van der Waals surface area contributed by atoms with Crippen molar-refractivity contribution in [1.29, 1.82) is 0 Å². The molecule has 0 unspecified atom stereocenters. The van der Waals surface area contributed by atoms with Gasteiger partial charge in [0.25, 0.3) is 0 Å². The number of hydrogen-bond acceptors (Lipinski definition) is 16. The molecule has 10 atom stereocenters. The standard InChI is InChI=1S/C80H101ClF12N18O13/c1-45(2)33-58(67(117)105-57(74(124)111-32-12-18-64(111)73(123)102-46(3)65(94)115)17-8-10-31-97-76(100-43-79(88,89)90)101-44-80(91,92)93)106-69(119)60(36-49-22-27-55(114)28-23-49)107-66(116)56(16-7-9-30-96-75(98-41-77(82,83)84)99-42-78(85,86)87)104-72(122)63(40-112)110-71(121)62(38-51-13-11-29-95-39-51)109-70(120)61(35-48-20-25-54(81)26-21-48)108-68(118)59(103-47(4)113)37-50-19-24-52-14-5-6-15-53(52)34-50/h5-6,11,13-15,19-29,34,39,45-46,56-64,112,114H,7-10,12,16-18,30-33,35-38,40-44H2,1-4H3,(H2,94,115)(H,102,123)(H,103,113)(H,104,122)(H,105,117)(H,106,119)(H,107,116)(H,108,118)(H,109,120)(H,110,121)(H2,96,98,99)(H2,97,100,101)/t46-,56+,57+,58+,59-,60-,61-,62-,63+,64+/m1/s1. The number of amides is 11. The van der Waals surface area contributed by atoms with Crippen LogP contribution in [0.5, 0.6) is 5.75 Å². The molecule has 1 saturated heterocycles. The summed E-state index contributed by atoms with van der Waals surface area (Å²) in [5, 5.41) is 54.3. The Bertz CT molecular complexity index is 4460. The number of fused-ring (bicyclic) bond motifs is 1. The van der Waals surface area contributed by atoms with Gasteiger partial charge in [-0.1, -0.05) is 98.2 Å². The van der Waals surface area contributed by atoms with Gasteiger partial charge in [0, 0.05) is 69.7 Å². The number of aliphatic hydroxyl groups is 1. The van der Waals surface area contributed by atoms with Crippen molar-refractivity contribution in [3.8, 4) is 5.75 Å². The van der Waals surface area contributed by atoms with Crippen molar-refractivity contribution >= 4 is 99.3 Å². The number of rotatable bonds is 44. The number of carbonyl (C=O) groups is 11. The predicted octanol–water partition coefficient (Wildman–Crippen LogP) is 4.44. The number of nitrogens with one attached hydrogen (secondary N) is 13. The van der Waals surface area contributed by atoms with E-state index >= 15 is 9.59 Å². The first-order valence-corrected chi connectivity index (χ1v) is 39.8. The fraction of sp³-hybridized carbons (Fsp3) is 0.500. The van der Waals surface area contributed by atoms with Gasteiger partial charge in [-0.15, -0.1) is 0 Å². The minimum atomic E-state index is -4.97. The van der Waals surface area contributed by atoms with E-state index in [0.717, 1.165) is 15.7 Å². The van der Waals surface area contributed by atoms with Crippen LogP contribution in [0.25, 0.3) is 10.8 Å². The fourth-order valence-electron chi connectivity index (χ4n) is 12.8. The van der Waals surface area contributed by atoms with Gasteiger partial charge in [0.2, 0.25) is 65.0 Å². The lowest BCUT2D eigenvalue weighted by molar-refractivity contribution is -0.142. The fourth-order valence-corrected chi connectivity index (χ4v) is 12.9. The number of aromatic nitrogens is 1. The number of hydrogen-bond donors (Lipinski definition) is 16. The van der Waals surface area contributed by atoms with Crippen LogP contribution >= 0.6 is 11.6 Å². The zero-order valence-electron chi connectivity index (χ0n) is 67.8. The highest BCUT2D eigenvalue weighted by Gasteiger charge is 2.41. The molecule has 2 heterocycles. The van der Waals surface area contributed by atoms with Crippen LogP contribution in [0.4, 0.5) is 52.7 Å². The summed E-state index contributed by atoms with van der Waals surface area (Å²) in [4.78, 5) is 169. The number of halogens is 13. The molecule has 1 aliphatic heterocycles. The lowest BCUT2D eigenvalue weighted by atomic mass is 9.99. The van der Waals surface area contributed by atoms with E-state index in [1.807, 2.05) is 36.4 Å². The second-order valence-electron chi connectivity index (χ2n) is 29.8. The van der Waals surface area contributed by atoms with Crippen LogP contribution in [-0.4, -0.2) is 235 Å². The first-order chi connectivity index (χ1) is 58.3. The Hall–Kier alpha value is -11.8.